The maximum Gasteiger partial charge on any atom is 0.123 e. The Labute approximate surface area is 101 Å². The molecule has 1 aromatic heterocycles. The minimum absolute atomic E-state index is 0.158. The molecule has 2 atom stereocenters. The standard InChI is InChI=1S/C12H20N2OS/c13-10(8-9-4-2-1-3-5-9)11(15)12-14-6-7-16-12/h6-7,9-11,15H,1-5,8,13H2/t10-,11-/m0/s1. The van der Waals surface area contributed by atoms with Crippen molar-refractivity contribution in [3.05, 3.63) is 16.6 Å². The van der Waals surface area contributed by atoms with Gasteiger partial charge in [-0.05, 0) is 12.3 Å². The first kappa shape index (κ1) is 12.0. The second kappa shape index (κ2) is 5.75. The molecule has 3 nitrogen and oxygen atoms in total. The smallest absolute Gasteiger partial charge is 0.123 e. The normalized spacial score (nSPS) is 21.9. The van der Waals surface area contributed by atoms with Crippen LogP contribution in [0.5, 0.6) is 0 Å². The Bertz CT molecular complexity index is 296. The molecular weight excluding hydrogens is 220 g/mol. The van der Waals surface area contributed by atoms with Gasteiger partial charge in [0.1, 0.15) is 11.1 Å². The lowest BCUT2D eigenvalue weighted by atomic mass is 9.84. The van der Waals surface area contributed by atoms with E-state index in [1.165, 1.54) is 43.4 Å². The Kier molecular flexibility index (Phi) is 4.32. The van der Waals surface area contributed by atoms with Gasteiger partial charge in [-0.15, -0.1) is 11.3 Å². The first-order valence-corrected chi connectivity index (χ1v) is 6.98. The van der Waals surface area contributed by atoms with Crippen LogP contribution < -0.4 is 5.73 Å². The van der Waals surface area contributed by atoms with Crippen LogP contribution in [0.2, 0.25) is 0 Å². The summed E-state index contributed by atoms with van der Waals surface area (Å²) in [5.41, 5.74) is 6.06. The van der Waals surface area contributed by atoms with E-state index in [-0.39, 0.29) is 6.04 Å². The molecule has 0 amide bonds. The van der Waals surface area contributed by atoms with Crippen LogP contribution in [0, 0.1) is 5.92 Å². The maximum atomic E-state index is 10.0. The molecule has 0 bridgehead atoms. The van der Waals surface area contributed by atoms with Crippen molar-refractivity contribution in [1.29, 1.82) is 0 Å². The lowest BCUT2D eigenvalue weighted by Gasteiger charge is -2.26. The second-order valence-corrected chi connectivity index (χ2v) is 5.64. The number of nitrogens with zero attached hydrogens (tertiary/aromatic N) is 1. The number of nitrogens with two attached hydrogens (primary N) is 1. The molecule has 4 heteroatoms. The van der Waals surface area contributed by atoms with E-state index in [4.69, 9.17) is 5.73 Å². The Hall–Kier alpha value is -0.450. The maximum absolute atomic E-state index is 10.0. The van der Waals surface area contributed by atoms with Crippen LogP contribution in [0.3, 0.4) is 0 Å². The number of rotatable bonds is 4. The van der Waals surface area contributed by atoms with Crippen LogP contribution in [0.25, 0.3) is 0 Å². The highest BCUT2D eigenvalue weighted by molar-refractivity contribution is 7.09. The summed E-state index contributed by atoms with van der Waals surface area (Å²) < 4.78 is 0. The summed E-state index contributed by atoms with van der Waals surface area (Å²) in [6.07, 6.45) is 8.63. The minimum Gasteiger partial charge on any atom is -0.384 e. The SMILES string of the molecule is N[C@@H](CC1CCCCC1)[C@H](O)c1nccs1. The van der Waals surface area contributed by atoms with Crippen LogP contribution in [0.4, 0.5) is 0 Å². The molecule has 1 fully saturated rings. The first-order chi connectivity index (χ1) is 7.77. The van der Waals surface area contributed by atoms with Crippen LogP contribution >= 0.6 is 11.3 Å². The van der Waals surface area contributed by atoms with Gasteiger partial charge >= 0.3 is 0 Å². The van der Waals surface area contributed by atoms with Crippen molar-refractivity contribution in [2.45, 2.75) is 50.7 Å². The van der Waals surface area contributed by atoms with E-state index < -0.39 is 6.10 Å². The van der Waals surface area contributed by atoms with E-state index in [9.17, 15) is 5.11 Å². The van der Waals surface area contributed by atoms with Crippen molar-refractivity contribution < 1.29 is 5.11 Å². The molecule has 1 aliphatic carbocycles. The summed E-state index contributed by atoms with van der Waals surface area (Å²) in [7, 11) is 0. The molecule has 0 aromatic carbocycles. The minimum atomic E-state index is -0.582. The Morgan fingerprint density at radius 1 is 1.44 bits per heavy atom. The van der Waals surface area contributed by atoms with Crippen molar-refractivity contribution in [1.82, 2.24) is 4.98 Å². The second-order valence-electron chi connectivity index (χ2n) is 4.72. The third kappa shape index (κ3) is 3.03. The number of hydrogen-bond acceptors (Lipinski definition) is 4. The van der Waals surface area contributed by atoms with E-state index in [1.807, 2.05) is 5.38 Å². The molecule has 0 unspecified atom stereocenters. The van der Waals surface area contributed by atoms with Gasteiger partial charge in [-0.3, -0.25) is 0 Å². The topological polar surface area (TPSA) is 59.1 Å². The Balaban J connectivity index is 1.84. The predicted octanol–water partition coefficient (Wildman–Crippen LogP) is 2.47. The van der Waals surface area contributed by atoms with E-state index in [1.54, 1.807) is 6.20 Å². The molecular formula is C12H20N2OS. The quantitative estimate of drug-likeness (QED) is 0.850. The molecule has 90 valence electrons. The van der Waals surface area contributed by atoms with Crippen LogP contribution in [-0.2, 0) is 0 Å². The van der Waals surface area contributed by atoms with Gasteiger partial charge in [-0.25, -0.2) is 4.98 Å². The molecule has 2 rings (SSSR count). The largest absolute Gasteiger partial charge is 0.384 e. The third-order valence-corrected chi connectivity index (χ3v) is 4.29. The fourth-order valence-electron chi connectivity index (χ4n) is 2.50. The molecule has 1 saturated carbocycles. The van der Waals surface area contributed by atoms with Crippen LogP contribution in [-0.4, -0.2) is 16.1 Å². The van der Waals surface area contributed by atoms with Crippen molar-refractivity contribution in [2.75, 3.05) is 0 Å². The van der Waals surface area contributed by atoms with Crippen LogP contribution in [0.1, 0.15) is 49.6 Å². The fraction of sp³-hybridized carbons (Fsp3) is 0.750. The molecule has 1 aliphatic rings. The van der Waals surface area contributed by atoms with E-state index in [2.05, 4.69) is 4.98 Å². The molecule has 0 spiro atoms. The van der Waals surface area contributed by atoms with Crippen LogP contribution in [0.15, 0.2) is 11.6 Å². The summed E-state index contributed by atoms with van der Waals surface area (Å²) in [5, 5.41) is 12.7. The van der Waals surface area contributed by atoms with Crippen molar-refractivity contribution >= 4 is 11.3 Å². The molecule has 16 heavy (non-hydrogen) atoms. The monoisotopic (exact) mass is 240 g/mol. The van der Waals surface area contributed by atoms with Crippen molar-refractivity contribution in [2.24, 2.45) is 11.7 Å². The number of thiazole rings is 1. The molecule has 3 N–H and O–H groups in total. The first-order valence-electron chi connectivity index (χ1n) is 6.10. The average molecular weight is 240 g/mol. The van der Waals surface area contributed by atoms with E-state index in [0.29, 0.717) is 5.92 Å². The summed E-state index contributed by atoms with van der Waals surface area (Å²) in [6, 6.07) is -0.158. The fourth-order valence-corrected chi connectivity index (χ4v) is 3.20. The van der Waals surface area contributed by atoms with E-state index in [0.717, 1.165) is 11.4 Å². The lowest BCUT2D eigenvalue weighted by molar-refractivity contribution is 0.127. The average Bonchev–Trinajstić information content (AvgIpc) is 2.83. The predicted molar refractivity (Wildman–Crippen MR) is 66.2 cm³/mol. The molecule has 0 radical (unpaired) electrons. The number of aliphatic hydroxyl groups is 1. The van der Waals surface area contributed by atoms with E-state index >= 15 is 0 Å². The highest BCUT2D eigenvalue weighted by Gasteiger charge is 2.23. The number of hydrogen-bond donors (Lipinski definition) is 2. The third-order valence-electron chi connectivity index (χ3n) is 3.44. The molecule has 0 aliphatic heterocycles. The van der Waals surface area contributed by atoms with Crippen molar-refractivity contribution in [3.8, 4) is 0 Å². The molecule has 0 saturated heterocycles. The van der Waals surface area contributed by atoms with Gasteiger partial charge in [0.25, 0.3) is 0 Å². The number of aromatic nitrogens is 1. The summed E-state index contributed by atoms with van der Waals surface area (Å²) in [5.74, 6) is 0.707. The number of aliphatic hydroxyl groups excluding tert-OH is 1. The van der Waals surface area contributed by atoms with Gasteiger partial charge in [0.2, 0.25) is 0 Å². The molecule has 1 aromatic rings. The van der Waals surface area contributed by atoms with Gasteiger partial charge in [-0.1, -0.05) is 32.1 Å². The Morgan fingerprint density at radius 2 is 2.19 bits per heavy atom. The highest BCUT2D eigenvalue weighted by Crippen LogP contribution is 2.30. The van der Waals surface area contributed by atoms with Gasteiger partial charge in [0, 0.05) is 17.6 Å². The summed E-state index contributed by atoms with van der Waals surface area (Å²) >= 11 is 1.48. The summed E-state index contributed by atoms with van der Waals surface area (Å²) in [6.45, 7) is 0. The van der Waals surface area contributed by atoms with Gasteiger partial charge < -0.3 is 10.8 Å². The summed E-state index contributed by atoms with van der Waals surface area (Å²) in [4.78, 5) is 4.12. The van der Waals surface area contributed by atoms with Gasteiger partial charge in [-0.2, -0.15) is 0 Å². The van der Waals surface area contributed by atoms with Gasteiger partial charge in [0.05, 0.1) is 0 Å². The van der Waals surface area contributed by atoms with Crippen molar-refractivity contribution in [3.63, 3.8) is 0 Å². The zero-order valence-corrected chi connectivity index (χ0v) is 10.3. The zero-order valence-electron chi connectivity index (χ0n) is 9.51. The zero-order chi connectivity index (χ0) is 11.4. The van der Waals surface area contributed by atoms with Gasteiger partial charge in [0.15, 0.2) is 0 Å². The highest BCUT2D eigenvalue weighted by atomic mass is 32.1. The Morgan fingerprint density at radius 3 is 2.81 bits per heavy atom. The molecule has 1 heterocycles. The lowest BCUT2D eigenvalue weighted by Crippen LogP contribution is -2.31.